The Hall–Kier alpha value is -2.05. The van der Waals surface area contributed by atoms with Crippen LogP contribution in [-0.2, 0) is 6.54 Å². The molecule has 20 heavy (non-hydrogen) atoms. The van der Waals surface area contributed by atoms with E-state index in [9.17, 15) is 9.59 Å². The molecule has 1 aliphatic rings. The van der Waals surface area contributed by atoms with Gasteiger partial charge in [-0.3, -0.25) is 0 Å². The average Bonchev–Trinajstić information content (AvgIpc) is 2.88. The number of carbonyl (C=O) groups is 2. The van der Waals surface area contributed by atoms with E-state index in [0.717, 1.165) is 19.4 Å². The number of nitrogens with one attached hydrogen (secondary N) is 1. The molecule has 0 radical (unpaired) electrons. The maximum atomic E-state index is 12.0. The van der Waals surface area contributed by atoms with Gasteiger partial charge in [-0.25, -0.2) is 14.6 Å². The quantitative estimate of drug-likeness (QED) is 0.866. The van der Waals surface area contributed by atoms with Gasteiger partial charge in [-0.2, -0.15) is 0 Å². The van der Waals surface area contributed by atoms with Crippen LogP contribution in [0.5, 0.6) is 0 Å². The summed E-state index contributed by atoms with van der Waals surface area (Å²) < 4.78 is 1.66. The Morgan fingerprint density at radius 2 is 2.30 bits per heavy atom. The average molecular weight is 280 g/mol. The van der Waals surface area contributed by atoms with E-state index >= 15 is 0 Å². The Balaban J connectivity index is 1.77. The van der Waals surface area contributed by atoms with Gasteiger partial charge in [0.15, 0.2) is 5.69 Å². The zero-order valence-electron chi connectivity index (χ0n) is 11.6. The molecule has 1 saturated heterocycles. The van der Waals surface area contributed by atoms with Crippen LogP contribution in [0.15, 0.2) is 12.5 Å². The van der Waals surface area contributed by atoms with Gasteiger partial charge in [-0.1, -0.05) is 0 Å². The fraction of sp³-hybridized carbons (Fsp3) is 0.615. The molecule has 1 unspecified atom stereocenters. The van der Waals surface area contributed by atoms with Crippen molar-refractivity contribution in [2.45, 2.75) is 38.8 Å². The topological polar surface area (TPSA) is 87.5 Å². The van der Waals surface area contributed by atoms with Gasteiger partial charge in [-0.05, 0) is 26.2 Å². The summed E-state index contributed by atoms with van der Waals surface area (Å²) in [5.74, 6) is -1.05. The maximum Gasteiger partial charge on any atom is 0.356 e. The number of nitrogens with zero attached hydrogens (tertiary/aromatic N) is 3. The molecule has 7 heteroatoms. The Morgan fingerprint density at radius 1 is 1.50 bits per heavy atom. The minimum atomic E-state index is -1.05. The van der Waals surface area contributed by atoms with E-state index in [4.69, 9.17) is 5.11 Å². The number of piperidine rings is 1. The van der Waals surface area contributed by atoms with E-state index in [2.05, 4.69) is 17.2 Å². The van der Waals surface area contributed by atoms with E-state index in [1.165, 1.54) is 18.9 Å². The van der Waals surface area contributed by atoms with Gasteiger partial charge in [-0.15, -0.1) is 0 Å². The second kappa shape index (κ2) is 6.40. The minimum absolute atomic E-state index is 0.0148. The van der Waals surface area contributed by atoms with Crippen molar-refractivity contribution in [1.29, 1.82) is 0 Å². The zero-order valence-corrected chi connectivity index (χ0v) is 11.6. The lowest BCUT2D eigenvalue weighted by Crippen LogP contribution is -2.48. The third-order valence-corrected chi connectivity index (χ3v) is 3.56. The van der Waals surface area contributed by atoms with Crippen molar-refractivity contribution in [3.05, 3.63) is 18.2 Å². The molecule has 2 heterocycles. The first kappa shape index (κ1) is 14.4. The molecule has 1 aromatic heterocycles. The molecule has 110 valence electrons. The van der Waals surface area contributed by atoms with Gasteiger partial charge < -0.3 is 19.9 Å². The van der Waals surface area contributed by atoms with Crippen LogP contribution in [0.2, 0.25) is 0 Å². The highest BCUT2D eigenvalue weighted by atomic mass is 16.4. The van der Waals surface area contributed by atoms with Crippen LogP contribution in [0.3, 0.4) is 0 Å². The molecular formula is C13H20N4O3. The monoisotopic (exact) mass is 280 g/mol. The highest BCUT2D eigenvalue weighted by Crippen LogP contribution is 2.15. The number of aromatic carboxylic acids is 1. The minimum Gasteiger partial charge on any atom is -0.476 e. The molecule has 2 rings (SSSR count). The second-order valence-corrected chi connectivity index (χ2v) is 5.07. The summed E-state index contributed by atoms with van der Waals surface area (Å²) in [4.78, 5) is 28.3. The van der Waals surface area contributed by atoms with Crippen molar-refractivity contribution in [3.63, 3.8) is 0 Å². The van der Waals surface area contributed by atoms with Crippen LogP contribution in [0.4, 0.5) is 4.79 Å². The summed E-state index contributed by atoms with van der Waals surface area (Å²) in [6, 6.07) is 0.242. The number of rotatable bonds is 4. The van der Waals surface area contributed by atoms with Crippen molar-refractivity contribution >= 4 is 12.0 Å². The Kier molecular flexibility index (Phi) is 4.60. The van der Waals surface area contributed by atoms with Crippen LogP contribution in [0, 0.1) is 0 Å². The lowest BCUT2D eigenvalue weighted by molar-refractivity contribution is 0.0691. The number of carbonyl (C=O) groups excluding carboxylic acids is 1. The van der Waals surface area contributed by atoms with Crippen LogP contribution >= 0.6 is 0 Å². The summed E-state index contributed by atoms with van der Waals surface area (Å²) in [6.07, 6.45) is 6.20. The highest BCUT2D eigenvalue weighted by Gasteiger charge is 2.22. The van der Waals surface area contributed by atoms with Gasteiger partial charge in [0.1, 0.15) is 0 Å². The molecule has 0 bridgehead atoms. The molecule has 1 aromatic rings. The molecule has 0 aromatic carbocycles. The third kappa shape index (κ3) is 3.49. The predicted octanol–water partition coefficient (Wildman–Crippen LogP) is 1.17. The number of amides is 2. The number of imidazole rings is 1. The lowest BCUT2D eigenvalue weighted by atomic mass is 10.0. The number of hydrogen-bond acceptors (Lipinski definition) is 3. The van der Waals surface area contributed by atoms with Gasteiger partial charge in [0.2, 0.25) is 0 Å². The molecule has 0 saturated carbocycles. The van der Waals surface area contributed by atoms with Crippen molar-refractivity contribution in [2.75, 3.05) is 13.1 Å². The fourth-order valence-electron chi connectivity index (χ4n) is 2.39. The molecule has 0 spiro atoms. The zero-order chi connectivity index (χ0) is 14.5. The number of hydrogen-bond donors (Lipinski definition) is 2. The van der Waals surface area contributed by atoms with Crippen LogP contribution < -0.4 is 5.32 Å². The van der Waals surface area contributed by atoms with E-state index in [0.29, 0.717) is 13.1 Å². The van der Waals surface area contributed by atoms with Crippen LogP contribution in [0.1, 0.15) is 36.7 Å². The van der Waals surface area contributed by atoms with Crippen LogP contribution in [-0.4, -0.2) is 50.7 Å². The lowest BCUT2D eigenvalue weighted by Gasteiger charge is -2.33. The number of aromatic nitrogens is 2. The molecule has 2 N–H and O–H groups in total. The Morgan fingerprint density at radius 3 is 2.95 bits per heavy atom. The number of likely N-dealkylation sites (tertiary alicyclic amines) is 1. The highest BCUT2D eigenvalue weighted by molar-refractivity contribution is 5.84. The van der Waals surface area contributed by atoms with E-state index in [1.807, 2.05) is 4.90 Å². The normalized spacial score (nSPS) is 18.9. The van der Waals surface area contributed by atoms with E-state index in [1.54, 1.807) is 4.57 Å². The first-order chi connectivity index (χ1) is 9.58. The van der Waals surface area contributed by atoms with Gasteiger partial charge in [0, 0.05) is 31.9 Å². The Bertz CT molecular complexity index is 486. The Labute approximate surface area is 117 Å². The molecule has 0 aliphatic carbocycles. The molecule has 1 aliphatic heterocycles. The largest absolute Gasteiger partial charge is 0.476 e. The fourth-order valence-corrected chi connectivity index (χ4v) is 2.39. The van der Waals surface area contributed by atoms with Crippen molar-refractivity contribution in [2.24, 2.45) is 0 Å². The van der Waals surface area contributed by atoms with Crippen molar-refractivity contribution < 1.29 is 14.7 Å². The summed E-state index contributed by atoms with van der Waals surface area (Å²) in [5.41, 5.74) is 0.0148. The number of carboxylic acids is 1. The number of carboxylic acid groups (broad SMARTS) is 1. The van der Waals surface area contributed by atoms with Gasteiger partial charge in [0.05, 0.1) is 6.33 Å². The van der Waals surface area contributed by atoms with Crippen LogP contribution in [0.25, 0.3) is 0 Å². The summed E-state index contributed by atoms with van der Waals surface area (Å²) in [5, 5.41) is 11.6. The predicted molar refractivity (Wildman–Crippen MR) is 72.6 cm³/mol. The smallest absolute Gasteiger partial charge is 0.356 e. The standard InChI is InChI=1S/C13H20N4O3/c1-10-4-2-3-6-17(10)13(20)14-5-7-16-8-11(12(18)19)15-9-16/h8-10H,2-7H2,1H3,(H,14,20)(H,18,19). The molecular weight excluding hydrogens is 260 g/mol. The molecule has 1 atom stereocenters. The molecule has 1 fully saturated rings. The summed E-state index contributed by atoms with van der Waals surface area (Å²) in [7, 11) is 0. The first-order valence-electron chi connectivity index (χ1n) is 6.87. The summed E-state index contributed by atoms with van der Waals surface area (Å²) in [6.45, 7) is 3.83. The van der Waals surface area contributed by atoms with E-state index in [-0.39, 0.29) is 17.8 Å². The van der Waals surface area contributed by atoms with Crippen molar-refractivity contribution in [1.82, 2.24) is 19.8 Å². The second-order valence-electron chi connectivity index (χ2n) is 5.07. The first-order valence-corrected chi connectivity index (χ1v) is 6.87. The van der Waals surface area contributed by atoms with Gasteiger partial charge >= 0.3 is 12.0 Å². The third-order valence-electron chi connectivity index (χ3n) is 3.56. The molecule has 7 nitrogen and oxygen atoms in total. The van der Waals surface area contributed by atoms with E-state index < -0.39 is 5.97 Å². The van der Waals surface area contributed by atoms with Crippen molar-refractivity contribution in [3.8, 4) is 0 Å². The SMILES string of the molecule is CC1CCCCN1C(=O)NCCn1cnc(C(=O)O)c1. The number of urea groups is 1. The summed E-state index contributed by atoms with van der Waals surface area (Å²) >= 11 is 0. The molecule has 2 amide bonds. The maximum absolute atomic E-state index is 12.0. The van der Waals surface area contributed by atoms with Gasteiger partial charge in [0.25, 0.3) is 0 Å².